The SMILES string of the molecule is CCCc1cn(Cc2c(-c3ccc(N4C[C@H](CC(=O)O)CC(F)(F)C4)c(C)n3)nnn2C)ccc1=O. The fourth-order valence-corrected chi connectivity index (χ4v) is 4.85. The van der Waals surface area contributed by atoms with Gasteiger partial charge in [0.05, 0.1) is 42.3 Å². The smallest absolute Gasteiger partial charge is 0.303 e. The summed E-state index contributed by atoms with van der Waals surface area (Å²) in [4.78, 5) is 29.4. The van der Waals surface area contributed by atoms with E-state index < -0.39 is 30.8 Å². The van der Waals surface area contributed by atoms with E-state index in [4.69, 9.17) is 5.11 Å². The number of carboxylic acids is 1. The number of aliphatic carboxylic acids is 1. The van der Waals surface area contributed by atoms with Gasteiger partial charge in [0.15, 0.2) is 5.43 Å². The van der Waals surface area contributed by atoms with E-state index in [2.05, 4.69) is 15.3 Å². The van der Waals surface area contributed by atoms with Crippen molar-refractivity contribution in [1.29, 1.82) is 0 Å². The van der Waals surface area contributed by atoms with E-state index in [1.54, 1.807) is 43.0 Å². The number of hydrogen-bond acceptors (Lipinski definition) is 6. The highest BCUT2D eigenvalue weighted by atomic mass is 19.3. The quantitative estimate of drug-likeness (QED) is 0.506. The normalized spacial score (nSPS) is 17.4. The number of carbonyl (C=O) groups is 1. The molecule has 4 rings (SSSR count). The monoisotopic (exact) mass is 500 g/mol. The molecule has 0 unspecified atom stereocenters. The van der Waals surface area contributed by atoms with Crippen LogP contribution in [0.4, 0.5) is 14.5 Å². The van der Waals surface area contributed by atoms with Crippen LogP contribution in [0.5, 0.6) is 0 Å². The van der Waals surface area contributed by atoms with Crippen LogP contribution in [-0.2, 0) is 24.8 Å². The van der Waals surface area contributed by atoms with Crippen molar-refractivity contribution in [3.63, 3.8) is 0 Å². The third kappa shape index (κ3) is 5.60. The fourth-order valence-electron chi connectivity index (χ4n) is 4.85. The van der Waals surface area contributed by atoms with Gasteiger partial charge in [-0.05, 0) is 31.4 Å². The van der Waals surface area contributed by atoms with E-state index in [1.165, 1.54) is 4.90 Å². The molecule has 0 spiro atoms. The van der Waals surface area contributed by atoms with E-state index in [9.17, 15) is 18.4 Å². The van der Waals surface area contributed by atoms with Crippen LogP contribution in [0.1, 0.15) is 43.1 Å². The molecule has 1 N–H and O–H groups in total. The van der Waals surface area contributed by atoms with Gasteiger partial charge < -0.3 is 14.6 Å². The van der Waals surface area contributed by atoms with Gasteiger partial charge >= 0.3 is 5.97 Å². The van der Waals surface area contributed by atoms with Gasteiger partial charge in [-0.2, -0.15) is 0 Å². The molecule has 0 bridgehead atoms. The predicted molar refractivity (Wildman–Crippen MR) is 130 cm³/mol. The molecular formula is C25H30F2N6O3. The summed E-state index contributed by atoms with van der Waals surface area (Å²) >= 11 is 0. The van der Waals surface area contributed by atoms with E-state index >= 15 is 0 Å². The summed E-state index contributed by atoms with van der Waals surface area (Å²) in [6, 6.07) is 5.01. The number of nitrogens with zero attached hydrogens (tertiary/aromatic N) is 6. The Labute approximate surface area is 207 Å². The molecule has 1 aliphatic rings. The zero-order valence-electron chi connectivity index (χ0n) is 20.6. The second-order valence-corrected chi connectivity index (χ2v) is 9.47. The molecule has 9 nitrogen and oxygen atoms in total. The second kappa shape index (κ2) is 10.2. The number of aryl methyl sites for hydroxylation is 3. The molecule has 1 fully saturated rings. The first-order valence-corrected chi connectivity index (χ1v) is 12.0. The molecule has 192 valence electrons. The third-order valence-electron chi connectivity index (χ3n) is 6.44. The molecule has 0 aliphatic carbocycles. The van der Waals surface area contributed by atoms with Crippen LogP contribution in [0.2, 0.25) is 0 Å². The molecule has 11 heteroatoms. The van der Waals surface area contributed by atoms with Crippen molar-refractivity contribution >= 4 is 11.7 Å². The summed E-state index contributed by atoms with van der Waals surface area (Å²) in [6.07, 6.45) is 4.39. The number of anilines is 1. The molecule has 0 saturated carbocycles. The molecule has 0 radical (unpaired) electrons. The number of halogens is 2. The second-order valence-electron chi connectivity index (χ2n) is 9.47. The van der Waals surface area contributed by atoms with Crippen LogP contribution in [0.3, 0.4) is 0 Å². The molecule has 3 aromatic rings. The van der Waals surface area contributed by atoms with Crippen molar-refractivity contribution in [2.24, 2.45) is 13.0 Å². The Morgan fingerprint density at radius 3 is 2.75 bits per heavy atom. The van der Waals surface area contributed by atoms with Crippen molar-refractivity contribution in [3.05, 3.63) is 57.8 Å². The summed E-state index contributed by atoms with van der Waals surface area (Å²) in [6.45, 7) is 3.94. The lowest BCUT2D eigenvalue weighted by Gasteiger charge is -2.39. The number of alkyl halides is 2. The first kappa shape index (κ1) is 25.5. The number of rotatable bonds is 8. The van der Waals surface area contributed by atoms with Gasteiger partial charge in [0.25, 0.3) is 5.92 Å². The van der Waals surface area contributed by atoms with Crippen molar-refractivity contribution in [1.82, 2.24) is 24.5 Å². The van der Waals surface area contributed by atoms with Crippen molar-refractivity contribution in [2.75, 3.05) is 18.0 Å². The molecule has 1 aliphatic heterocycles. The van der Waals surface area contributed by atoms with Gasteiger partial charge in [-0.15, -0.1) is 5.10 Å². The van der Waals surface area contributed by atoms with Gasteiger partial charge in [0.2, 0.25) is 0 Å². The largest absolute Gasteiger partial charge is 0.481 e. The summed E-state index contributed by atoms with van der Waals surface area (Å²) < 4.78 is 32.3. The average Bonchev–Trinajstić information content (AvgIpc) is 3.14. The summed E-state index contributed by atoms with van der Waals surface area (Å²) in [5.41, 5.74) is 3.75. The number of hydrogen-bond donors (Lipinski definition) is 1. The minimum Gasteiger partial charge on any atom is -0.481 e. The lowest BCUT2D eigenvalue weighted by atomic mass is 9.92. The molecule has 4 heterocycles. The third-order valence-corrected chi connectivity index (χ3v) is 6.44. The zero-order valence-corrected chi connectivity index (χ0v) is 20.6. The number of aromatic nitrogens is 5. The van der Waals surface area contributed by atoms with Crippen molar-refractivity contribution in [3.8, 4) is 11.4 Å². The lowest BCUT2D eigenvalue weighted by Crippen LogP contribution is -2.48. The Kier molecular flexibility index (Phi) is 7.18. The van der Waals surface area contributed by atoms with Crippen LogP contribution in [0.15, 0.2) is 35.4 Å². The van der Waals surface area contributed by atoms with Crippen LogP contribution in [0, 0.1) is 12.8 Å². The number of pyridine rings is 2. The summed E-state index contributed by atoms with van der Waals surface area (Å²) in [5.74, 6) is -4.70. The standard InChI is InChI=1S/C25H30F2N6O3/c1-4-5-18-13-32(9-8-22(18)34)14-21-24(29-30-31(21)3)19-6-7-20(16(2)28-19)33-12-17(10-23(35)36)11-25(26,27)15-33/h6-9,13,17H,4-5,10-12,14-15H2,1-3H3,(H,35,36)/t17-/m1/s1. The van der Waals surface area contributed by atoms with Crippen molar-refractivity contribution < 1.29 is 18.7 Å². The predicted octanol–water partition coefficient (Wildman–Crippen LogP) is 3.28. The van der Waals surface area contributed by atoms with E-state index in [0.717, 1.165) is 17.7 Å². The Hall–Kier alpha value is -3.63. The average molecular weight is 501 g/mol. The number of piperidine rings is 1. The van der Waals surface area contributed by atoms with E-state index in [1.807, 2.05) is 17.7 Å². The lowest BCUT2D eigenvalue weighted by molar-refractivity contribution is -0.139. The van der Waals surface area contributed by atoms with Gasteiger partial charge in [0, 0.05) is 44.0 Å². The number of carboxylic acid groups (broad SMARTS) is 1. The first-order chi connectivity index (χ1) is 17.1. The van der Waals surface area contributed by atoms with Crippen LogP contribution in [-0.4, -0.2) is 54.6 Å². The minimum absolute atomic E-state index is 0.0122. The fraction of sp³-hybridized carbons (Fsp3) is 0.480. The van der Waals surface area contributed by atoms with E-state index in [0.29, 0.717) is 35.7 Å². The van der Waals surface area contributed by atoms with E-state index in [-0.39, 0.29) is 18.4 Å². The Balaban J connectivity index is 1.61. The topological polar surface area (TPSA) is 106 Å². The Morgan fingerprint density at radius 1 is 1.28 bits per heavy atom. The van der Waals surface area contributed by atoms with Gasteiger partial charge in [-0.25, -0.2) is 18.4 Å². The molecule has 3 aromatic heterocycles. The maximum absolute atomic E-state index is 14.4. The Morgan fingerprint density at radius 2 is 2.06 bits per heavy atom. The van der Waals surface area contributed by atoms with Crippen LogP contribution < -0.4 is 10.3 Å². The molecule has 36 heavy (non-hydrogen) atoms. The highest BCUT2D eigenvalue weighted by Gasteiger charge is 2.41. The highest BCUT2D eigenvalue weighted by molar-refractivity contribution is 5.67. The molecular weight excluding hydrogens is 470 g/mol. The minimum atomic E-state index is -2.98. The summed E-state index contributed by atoms with van der Waals surface area (Å²) in [7, 11) is 1.78. The maximum atomic E-state index is 14.4. The highest BCUT2D eigenvalue weighted by Crippen LogP contribution is 2.36. The summed E-state index contributed by atoms with van der Waals surface area (Å²) in [5, 5.41) is 17.5. The molecule has 1 atom stereocenters. The van der Waals surface area contributed by atoms with Gasteiger partial charge in [-0.1, -0.05) is 18.6 Å². The van der Waals surface area contributed by atoms with Gasteiger partial charge in [-0.3, -0.25) is 9.59 Å². The first-order valence-electron chi connectivity index (χ1n) is 12.0. The Bertz CT molecular complexity index is 1320. The van der Waals surface area contributed by atoms with Crippen LogP contribution >= 0.6 is 0 Å². The maximum Gasteiger partial charge on any atom is 0.303 e. The molecule has 0 amide bonds. The van der Waals surface area contributed by atoms with Gasteiger partial charge in [0.1, 0.15) is 5.69 Å². The zero-order chi connectivity index (χ0) is 26.0. The molecule has 0 aromatic carbocycles. The van der Waals surface area contributed by atoms with Crippen LogP contribution in [0.25, 0.3) is 11.4 Å². The van der Waals surface area contributed by atoms with Crippen molar-refractivity contribution in [2.45, 2.75) is 52.0 Å². The molecule has 1 saturated heterocycles.